The molecular formula is C19H17N5O2. The summed E-state index contributed by atoms with van der Waals surface area (Å²) in [4.78, 5) is 41.9. The van der Waals surface area contributed by atoms with Gasteiger partial charge in [0.25, 0.3) is 11.5 Å². The van der Waals surface area contributed by atoms with Crippen molar-refractivity contribution in [3.63, 3.8) is 0 Å². The van der Waals surface area contributed by atoms with Gasteiger partial charge in [-0.25, -0.2) is 4.98 Å². The molecule has 1 fully saturated rings. The lowest BCUT2D eigenvalue weighted by Crippen LogP contribution is -2.29. The Labute approximate surface area is 149 Å². The first kappa shape index (κ1) is 16.1. The Morgan fingerprint density at radius 1 is 1.15 bits per heavy atom. The summed E-state index contributed by atoms with van der Waals surface area (Å²) in [5, 5.41) is 0. The molecule has 1 N–H and O–H groups in total. The third-order valence-corrected chi connectivity index (χ3v) is 4.51. The van der Waals surface area contributed by atoms with E-state index < -0.39 is 0 Å². The number of nitrogens with one attached hydrogen (secondary N) is 1. The molecule has 4 rings (SSSR count). The third kappa shape index (κ3) is 3.23. The predicted molar refractivity (Wildman–Crippen MR) is 95.6 cm³/mol. The second-order valence-corrected chi connectivity index (χ2v) is 6.23. The van der Waals surface area contributed by atoms with Crippen molar-refractivity contribution < 1.29 is 4.79 Å². The smallest absolute Gasteiger partial charge is 0.255 e. The van der Waals surface area contributed by atoms with Crippen molar-refractivity contribution in [1.82, 2.24) is 24.8 Å². The van der Waals surface area contributed by atoms with Crippen LogP contribution in [-0.2, 0) is 0 Å². The van der Waals surface area contributed by atoms with Gasteiger partial charge in [0, 0.05) is 55.4 Å². The number of hydrogen-bond acceptors (Lipinski definition) is 5. The molecule has 0 radical (unpaired) electrons. The van der Waals surface area contributed by atoms with Crippen LogP contribution in [0.15, 0.2) is 59.9 Å². The number of aromatic nitrogens is 4. The van der Waals surface area contributed by atoms with Crippen LogP contribution in [0.2, 0.25) is 0 Å². The summed E-state index contributed by atoms with van der Waals surface area (Å²) < 4.78 is 0. The molecule has 4 heterocycles. The number of H-pyrrole nitrogens is 1. The highest BCUT2D eigenvalue weighted by molar-refractivity contribution is 5.94. The van der Waals surface area contributed by atoms with Gasteiger partial charge < -0.3 is 9.88 Å². The Balaban J connectivity index is 1.57. The first-order valence-electron chi connectivity index (χ1n) is 8.41. The van der Waals surface area contributed by atoms with E-state index in [9.17, 15) is 9.59 Å². The van der Waals surface area contributed by atoms with Crippen molar-refractivity contribution in [2.45, 2.75) is 12.3 Å². The van der Waals surface area contributed by atoms with Crippen molar-refractivity contribution >= 4 is 5.91 Å². The maximum atomic E-state index is 12.6. The minimum absolute atomic E-state index is 0.00473. The lowest BCUT2D eigenvalue weighted by atomic mass is 10.1. The van der Waals surface area contributed by atoms with E-state index in [1.165, 1.54) is 6.07 Å². The molecule has 3 aromatic rings. The quantitative estimate of drug-likeness (QED) is 0.781. The summed E-state index contributed by atoms with van der Waals surface area (Å²) in [5.41, 5.74) is 1.83. The number of carbonyl (C=O) groups excluding carboxylic acids is 1. The zero-order valence-electron chi connectivity index (χ0n) is 14.0. The van der Waals surface area contributed by atoms with Crippen molar-refractivity contribution in [1.29, 1.82) is 0 Å². The molecule has 3 aromatic heterocycles. The molecule has 1 aliphatic heterocycles. The van der Waals surface area contributed by atoms with Crippen molar-refractivity contribution in [3.8, 4) is 11.3 Å². The van der Waals surface area contributed by atoms with Crippen LogP contribution in [0, 0.1) is 0 Å². The van der Waals surface area contributed by atoms with Crippen molar-refractivity contribution in [3.05, 3.63) is 76.9 Å². The molecule has 0 unspecified atom stereocenters. The van der Waals surface area contributed by atoms with Gasteiger partial charge in [-0.1, -0.05) is 0 Å². The van der Waals surface area contributed by atoms with E-state index >= 15 is 0 Å². The monoisotopic (exact) mass is 347 g/mol. The summed E-state index contributed by atoms with van der Waals surface area (Å²) in [6.07, 6.45) is 7.31. The van der Waals surface area contributed by atoms with Gasteiger partial charge in [0.15, 0.2) is 0 Å². The largest absolute Gasteiger partial charge is 0.338 e. The van der Waals surface area contributed by atoms with E-state index in [-0.39, 0.29) is 17.4 Å². The average Bonchev–Trinajstić information content (AvgIpc) is 3.18. The van der Waals surface area contributed by atoms with E-state index in [4.69, 9.17) is 0 Å². The highest BCUT2D eigenvalue weighted by Gasteiger charge is 2.29. The summed E-state index contributed by atoms with van der Waals surface area (Å²) in [6, 6.07) is 8.62. The van der Waals surface area contributed by atoms with E-state index in [0.29, 0.717) is 30.2 Å². The second-order valence-electron chi connectivity index (χ2n) is 6.23. The molecule has 1 aliphatic rings. The minimum Gasteiger partial charge on any atom is -0.338 e. The van der Waals surface area contributed by atoms with E-state index in [2.05, 4.69) is 19.9 Å². The van der Waals surface area contributed by atoms with Gasteiger partial charge in [-0.3, -0.25) is 19.6 Å². The second kappa shape index (κ2) is 6.87. The standard InChI is InChI=1S/C19H17N5O2/c25-17-10-16(13-3-7-20-8-4-13)22-18(23-17)15-5-9-24(12-15)19(26)14-2-1-6-21-11-14/h1-4,6-8,10-11,15H,5,9,12H2,(H,22,23,25)/t15-/m1/s1. The Morgan fingerprint density at radius 2 is 2.00 bits per heavy atom. The lowest BCUT2D eigenvalue weighted by molar-refractivity contribution is 0.0790. The van der Waals surface area contributed by atoms with E-state index in [1.807, 2.05) is 12.1 Å². The van der Waals surface area contributed by atoms with Crippen LogP contribution >= 0.6 is 0 Å². The fraction of sp³-hybridized carbons (Fsp3) is 0.211. The highest BCUT2D eigenvalue weighted by Crippen LogP contribution is 2.26. The molecule has 26 heavy (non-hydrogen) atoms. The molecule has 0 aliphatic carbocycles. The Morgan fingerprint density at radius 3 is 2.77 bits per heavy atom. The maximum Gasteiger partial charge on any atom is 0.255 e. The lowest BCUT2D eigenvalue weighted by Gasteiger charge is -2.16. The van der Waals surface area contributed by atoms with Gasteiger partial charge in [0.2, 0.25) is 0 Å². The van der Waals surface area contributed by atoms with Crippen molar-refractivity contribution in [2.24, 2.45) is 0 Å². The molecule has 1 atom stereocenters. The number of nitrogens with zero attached hydrogens (tertiary/aromatic N) is 4. The average molecular weight is 347 g/mol. The number of pyridine rings is 2. The number of rotatable bonds is 3. The zero-order chi connectivity index (χ0) is 17.9. The molecule has 0 spiro atoms. The van der Waals surface area contributed by atoms with Crippen LogP contribution in [-0.4, -0.2) is 43.8 Å². The van der Waals surface area contributed by atoms with Gasteiger partial charge in [-0.05, 0) is 30.7 Å². The molecular weight excluding hydrogens is 330 g/mol. The number of hydrogen-bond donors (Lipinski definition) is 1. The fourth-order valence-electron chi connectivity index (χ4n) is 3.18. The number of amides is 1. The summed E-state index contributed by atoms with van der Waals surface area (Å²) in [6.45, 7) is 1.15. The molecule has 130 valence electrons. The van der Waals surface area contributed by atoms with Crippen LogP contribution in [0.5, 0.6) is 0 Å². The minimum atomic E-state index is -0.196. The summed E-state index contributed by atoms with van der Waals surface area (Å²) in [7, 11) is 0. The molecule has 7 heteroatoms. The van der Waals surface area contributed by atoms with Crippen LogP contribution in [0.4, 0.5) is 0 Å². The highest BCUT2D eigenvalue weighted by atomic mass is 16.2. The Hall–Kier alpha value is -3.35. The first-order valence-corrected chi connectivity index (χ1v) is 8.41. The predicted octanol–water partition coefficient (Wildman–Crippen LogP) is 1.86. The van der Waals surface area contributed by atoms with E-state index in [0.717, 1.165) is 12.0 Å². The van der Waals surface area contributed by atoms with Crippen molar-refractivity contribution in [2.75, 3.05) is 13.1 Å². The van der Waals surface area contributed by atoms with Gasteiger partial charge in [0.1, 0.15) is 5.82 Å². The maximum absolute atomic E-state index is 12.6. The van der Waals surface area contributed by atoms with Crippen LogP contribution in [0.3, 0.4) is 0 Å². The zero-order valence-corrected chi connectivity index (χ0v) is 14.0. The molecule has 0 bridgehead atoms. The number of carbonyl (C=O) groups is 1. The van der Waals surface area contributed by atoms with Gasteiger partial charge in [-0.15, -0.1) is 0 Å². The molecule has 7 nitrogen and oxygen atoms in total. The molecule has 1 saturated heterocycles. The fourth-order valence-corrected chi connectivity index (χ4v) is 3.18. The molecule has 0 saturated carbocycles. The number of aromatic amines is 1. The molecule has 1 amide bonds. The van der Waals surface area contributed by atoms with Crippen LogP contribution < -0.4 is 5.56 Å². The Bertz CT molecular complexity index is 972. The van der Waals surface area contributed by atoms with Crippen LogP contribution in [0.1, 0.15) is 28.5 Å². The third-order valence-electron chi connectivity index (χ3n) is 4.51. The summed E-state index contributed by atoms with van der Waals surface area (Å²) >= 11 is 0. The Kier molecular flexibility index (Phi) is 4.27. The van der Waals surface area contributed by atoms with Crippen LogP contribution in [0.25, 0.3) is 11.3 Å². The SMILES string of the molecule is O=C(c1cccnc1)N1CC[C@@H](c2nc(-c3ccncc3)cc(=O)[nH]2)C1. The molecule has 0 aromatic carbocycles. The van der Waals surface area contributed by atoms with Gasteiger partial charge >= 0.3 is 0 Å². The van der Waals surface area contributed by atoms with Gasteiger partial charge in [-0.2, -0.15) is 0 Å². The first-order chi connectivity index (χ1) is 12.7. The normalized spacial score (nSPS) is 16.6. The number of likely N-dealkylation sites (tertiary alicyclic amines) is 1. The van der Waals surface area contributed by atoms with E-state index in [1.54, 1.807) is 41.8 Å². The van der Waals surface area contributed by atoms with Gasteiger partial charge in [0.05, 0.1) is 11.3 Å². The topological polar surface area (TPSA) is 91.8 Å². The summed E-state index contributed by atoms with van der Waals surface area (Å²) in [5.74, 6) is 0.573.